The third-order valence-corrected chi connectivity index (χ3v) is 6.92. The molecule has 0 unspecified atom stereocenters. The number of rotatable bonds is 5. The Morgan fingerprint density at radius 2 is 1.21 bits per heavy atom. The van der Waals surface area contributed by atoms with Gasteiger partial charge in [0.15, 0.2) is 0 Å². The van der Waals surface area contributed by atoms with Gasteiger partial charge in [-0.1, -0.05) is 23.8 Å². The van der Waals surface area contributed by atoms with Crippen molar-refractivity contribution in [1.82, 2.24) is 0 Å². The molecule has 0 fully saturated rings. The van der Waals surface area contributed by atoms with E-state index >= 15 is 0 Å². The third kappa shape index (κ3) is 4.24. The second-order valence-electron chi connectivity index (χ2n) is 6.29. The molecule has 1 N–H and O–H groups in total. The molecule has 0 atom stereocenters. The molecule has 0 bridgehead atoms. The monoisotopic (exact) mass is 418 g/mol. The summed E-state index contributed by atoms with van der Waals surface area (Å²) >= 11 is 0. The summed E-state index contributed by atoms with van der Waals surface area (Å²) in [4.78, 5) is 0.0675. The van der Waals surface area contributed by atoms with Crippen molar-refractivity contribution >= 4 is 20.0 Å². The minimum absolute atomic E-state index is 0.117. The normalized spacial score (nSPS) is 12.0. The molecule has 0 aromatic heterocycles. The van der Waals surface area contributed by atoms with Gasteiger partial charge in [-0.05, 0) is 61.9 Å². The summed E-state index contributed by atoms with van der Waals surface area (Å²) in [6.45, 7) is 3.43. The highest BCUT2D eigenvalue weighted by molar-refractivity contribution is 7.91. The number of aryl methyl sites for hydroxylation is 2. The van der Waals surface area contributed by atoms with E-state index < -0.39 is 20.0 Å². The fourth-order valence-corrected chi connectivity index (χ4v) is 4.60. The van der Waals surface area contributed by atoms with Gasteiger partial charge in [0.25, 0.3) is 10.1 Å². The Morgan fingerprint density at radius 1 is 0.714 bits per heavy atom. The number of hydrogen-bond donors (Lipinski definition) is 1. The van der Waals surface area contributed by atoms with E-state index in [2.05, 4.69) is 0 Å². The first kappa shape index (κ1) is 20.1. The van der Waals surface area contributed by atoms with Crippen molar-refractivity contribution < 1.29 is 26.1 Å². The molecule has 28 heavy (non-hydrogen) atoms. The van der Waals surface area contributed by atoms with Crippen LogP contribution in [0.25, 0.3) is 0 Å². The molecule has 0 spiro atoms. The number of ether oxygens (including phenoxy) is 1. The van der Waals surface area contributed by atoms with E-state index in [4.69, 9.17) is 4.74 Å². The lowest BCUT2D eigenvalue weighted by atomic mass is 10.2. The fraction of sp³-hybridized carbons (Fsp3) is 0.100. The highest BCUT2D eigenvalue weighted by atomic mass is 32.2. The predicted molar refractivity (Wildman–Crippen MR) is 104 cm³/mol. The molecule has 0 aliphatic rings. The van der Waals surface area contributed by atoms with Gasteiger partial charge >= 0.3 is 0 Å². The van der Waals surface area contributed by atoms with Crippen LogP contribution in [-0.4, -0.2) is 21.4 Å². The number of hydrogen-bond acceptors (Lipinski definition) is 5. The average Bonchev–Trinajstić information content (AvgIpc) is 2.63. The molecular formula is C20H18O6S2. The van der Waals surface area contributed by atoms with Crippen molar-refractivity contribution in [3.05, 3.63) is 77.9 Å². The van der Waals surface area contributed by atoms with Gasteiger partial charge in [0.05, 0.1) is 9.79 Å². The van der Waals surface area contributed by atoms with Gasteiger partial charge in [0.2, 0.25) is 9.84 Å². The minimum Gasteiger partial charge on any atom is -0.457 e. The largest absolute Gasteiger partial charge is 0.457 e. The quantitative estimate of drug-likeness (QED) is 0.625. The predicted octanol–water partition coefficient (Wildman–Crippen LogP) is 4.18. The average molecular weight is 418 g/mol. The smallest absolute Gasteiger partial charge is 0.294 e. The molecule has 0 saturated carbocycles. The Morgan fingerprint density at radius 3 is 1.75 bits per heavy atom. The van der Waals surface area contributed by atoms with E-state index in [0.717, 1.165) is 5.56 Å². The van der Waals surface area contributed by atoms with Crippen LogP contribution in [0.3, 0.4) is 0 Å². The molecule has 0 saturated heterocycles. The molecule has 8 heteroatoms. The summed E-state index contributed by atoms with van der Waals surface area (Å²) in [5.74, 6) is 0.528. The molecule has 0 radical (unpaired) electrons. The van der Waals surface area contributed by atoms with Crippen LogP contribution < -0.4 is 4.74 Å². The Bertz CT molecular complexity index is 1210. The lowest BCUT2D eigenvalue weighted by molar-refractivity contribution is 0.470. The van der Waals surface area contributed by atoms with E-state index in [-0.39, 0.29) is 20.4 Å². The Kier molecular flexibility index (Phi) is 5.29. The molecule has 0 aliphatic carbocycles. The molecule has 3 aromatic carbocycles. The highest BCUT2D eigenvalue weighted by Gasteiger charge is 2.18. The maximum atomic E-state index is 12.7. The molecule has 146 valence electrons. The fourth-order valence-electron chi connectivity index (χ4n) is 2.60. The SMILES string of the molecule is Cc1ccc(S(=O)(=O)c2ccc(Oc3ccc(C)c(S(=O)(=O)O)c3)cc2)cc1. The van der Waals surface area contributed by atoms with Gasteiger partial charge in [-0.25, -0.2) is 8.42 Å². The third-order valence-electron chi connectivity index (χ3n) is 4.14. The topological polar surface area (TPSA) is 97.7 Å². The van der Waals surface area contributed by atoms with Gasteiger partial charge in [-0.2, -0.15) is 8.42 Å². The maximum absolute atomic E-state index is 12.7. The molecule has 0 aliphatic heterocycles. The van der Waals surface area contributed by atoms with E-state index in [1.165, 1.54) is 36.4 Å². The van der Waals surface area contributed by atoms with Crippen molar-refractivity contribution in [2.75, 3.05) is 0 Å². The van der Waals surface area contributed by atoms with Crippen LogP contribution in [0.5, 0.6) is 11.5 Å². The van der Waals surface area contributed by atoms with Crippen LogP contribution >= 0.6 is 0 Å². The van der Waals surface area contributed by atoms with Crippen molar-refractivity contribution in [3.8, 4) is 11.5 Å². The second-order valence-corrected chi connectivity index (χ2v) is 9.63. The van der Waals surface area contributed by atoms with Crippen LogP contribution in [0, 0.1) is 13.8 Å². The van der Waals surface area contributed by atoms with Gasteiger partial charge in [0.1, 0.15) is 16.4 Å². The Labute approximate surface area is 164 Å². The Balaban J connectivity index is 1.87. The van der Waals surface area contributed by atoms with Gasteiger partial charge in [0, 0.05) is 6.07 Å². The van der Waals surface area contributed by atoms with Crippen molar-refractivity contribution in [2.24, 2.45) is 0 Å². The lowest BCUT2D eigenvalue weighted by Crippen LogP contribution is -2.02. The van der Waals surface area contributed by atoms with E-state index in [0.29, 0.717) is 11.3 Å². The molecule has 3 aromatic rings. The summed E-state index contributed by atoms with van der Waals surface area (Å²) in [6.07, 6.45) is 0. The minimum atomic E-state index is -4.37. The summed E-state index contributed by atoms with van der Waals surface area (Å²) in [6, 6.07) is 16.6. The van der Waals surface area contributed by atoms with E-state index in [1.54, 1.807) is 37.3 Å². The molecule has 0 heterocycles. The lowest BCUT2D eigenvalue weighted by Gasteiger charge is -2.10. The standard InChI is InChI=1S/C20H18O6S2/c1-14-3-9-18(10-4-14)27(21,22)19-11-7-16(8-12-19)26-17-6-5-15(2)20(13-17)28(23,24)25/h3-13H,1-2H3,(H,23,24,25). The van der Waals surface area contributed by atoms with E-state index in [1.807, 2.05) is 6.92 Å². The summed E-state index contributed by atoms with van der Waals surface area (Å²) in [5.41, 5.74) is 1.35. The molecule has 3 rings (SSSR count). The summed E-state index contributed by atoms with van der Waals surface area (Å²) in [7, 11) is -8.01. The highest BCUT2D eigenvalue weighted by Crippen LogP contribution is 2.28. The first-order chi connectivity index (χ1) is 13.1. The van der Waals surface area contributed by atoms with Crippen LogP contribution in [0.4, 0.5) is 0 Å². The van der Waals surface area contributed by atoms with Gasteiger partial charge in [-0.15, -0.1) is 0 Å². The summed E-state index contributed by atoms with van der Waals surface area (Å²) < 4.78 is 63.0. The maximum Gasteiger partial charge on any atom is 0.294 e. The zero-order chi connectivity index (χ0) is 20.5. The first-order valence-corrected chi connectivity index (χ1v) is 11.2. The zero-order valence-corrected chi connectivity index (χ0v) is 16.8. The second kappa shape index (κ2) is 7.38. The zero-order valence-electron chi connectivity index (χ0n) is 15.2. The molecule has 0 amide bonds. The molecule has 6 nitrogen and oxygen atoms in total. The van der Waals surface area contributed by atoms with Crippen LogP contribution in [0.15, 0.2) is 81.4 Å². The Hall–Kier alpha value is -2.68. The number of sulfone groups is 1. The van der Waals surface area contributed by atoms with Crippen molar-refractivity contribution in [3.63, 3.8) is 0 Å². The van der Waals surface area contributed by atoms with Crippen molar-refractivity contribution in [1.29, 1.82) is 0 Å². The van der Waals surface area contributed by atoms with Crippen molar-refractivity contribution in [2.45, 2.75) is 28.5 Å². The van der Waals surface area contributed by atoms with Crippen LogP contribution in [0.1, 0.15) is 11.1 Å². The number of benzene rings is 3. The first-order valence-electron chi connectivity index (χ1n) is 8.25. The van der Waals surface area contributed by atoms with Gasteiger partial charge < -0.3 is 4.74 Å². The van der Waals surface area contributed by atoms with E-state index in [9.17, 15) is 21.4 Å². The summed E-state index contributed by atoms with van der Waals surface area (Å²) in [5, 5.41) is 0. The van der Waals surface area contributed by atoms with Gasteiger partial charge in [-0.3, -0.25) is 4.55 Å². The van der Waals surface area contributed by atoms with Crippen LogP contribution in [-0.2, 0) is 20.0 Å². The molecular weight excluding hydrogens is 400 g/mol. The van der Waals surface area contributed by atoms with Crippen LogP contribution in [0.2, 0.25) is 0 Å².